The van der Waals surface area contributed by atoms with E-state index in [1.807, 2.05) is 24.3 Å². The Balaban J connectivity index is 1.30. The molecule has 1 saturated heterocycles. The summed E-state index contributed by atoms with van der Waals surface area (Å²) < 4.78 is 6.81. The van der Waals surface area contributed by atoms with E-state index in [4.69, 9.17) is 4.74 Å². The monoisotopic (exact) mass is 438 g/mol. The Morgan fingerprint density at radius 2 is 2.03 bits per heavy atom. The highest BCUT2D eigenvalue weighted by molar-refractivity contribution is 7.18. The molecule has 1 atom stereocenters. The molecular formula is C23H26N4O3S. The maximum Gasteiger partial charge on any atom is 0.262 e. The normalized spacial score (nSPS) is 18.7. The quantitative estimate of drug-likeness (QED) is 0.678. The fraction of sp³-hybridized carbons (Fsp3) is 0.435. The molecule has 1 aliphatic carbocycles. The van der Waals surface area contributed by atoms with Crippen molar-refractivity contribution in [1.82, 2.24) is 9.55 Å². The molecule has 3 heterocycles. The zero-order chi connectivity index (χ0) is 21.4. The summed E-state index contributed by atoms with van der Waals surface area (Å²) in [6, 6.07) is 7.78. The maximum absolute atomic E-state index is 13.1. The van der Waals surface area contributed by atoms with E-state index in [1.54, 1.807) is 11.3 Å². The molecule has 1 aliphatic heterocycles. The van der Waals surface area contributed by atoms with Crippen LogP contribution in [0, 0.1) is 5.92 Å². The van der Waals surface area contributed by atoms with Gasteiger partial charge in [-0.15, -0.1) is 11.3 Å². The number of carbonyl (C=O) groups excluding carboxylic acids is 1. The molecule has 1 amide bonds. The lowest BCUT2D eigenvalue weighted by atomic mass is 9.89. The third-order valence-electron chi connectivity index (χ3n) is 6.12. The highest BCUT2D eigenvalue weighted by Crippen LogP contribution is 2.35. The van der Waals surface area contributed by atoms with Crippen molar-refractivity contribution in [2.75, 3.05) is 36.5 Å². The Hall–Kier alpha value is -2.71. The van der Waals surface area contributed by atoms with Gasteiger partial charge in [0.05, 0.1) is 24.9 Å². The Kier molecular flexibility index (Phi) is 5.50. The smallest absolute Gasteiger partial charge is 0.262 e. The van der Waals surface area contributed by atoms with Crippen molar-refractivity contribution in [2.24, 2.45) is 5.92 Å². The molecule has 0 radical (unpaired) electrons. The zero-order valence-corrected chi connectivity index (χ0v) is 18.4. The first-order valence-electron chi connectivity index (χ1n) is 10.8. The molecule has 7 nitrogen and oxygen atoms in total. The van der Waals surface area contributed by atoms with Crippen LogP contribution in [0.2, 0.25) is 0 Å². The van der Waals surface area contributed by atoms with E-state index < -0.39 is 0 Å². The fourth-order valence-corrected chi connectivity index (χ4v) is 5.75. The second kappa shape index (κ2) is 8.43. The number of nitrogens with one attached hydrogen (secondary N) is 1. The highest BCUT2D eigenvalue weighted by atomic mass is 32.1. The predicted octanol–water partition coefficient (Wildman–Crippen LogP) is 3.06. The van der Waals surface area contributed by atoms with Crippen molar-refractivity contribution in [3.05, 3.63) is 51.4 Å². The van der Waals surface area contributed by atoms with Crippen LogP contribution in [0.25, 0.3) is 10.2 Å². The van der Waals surface area contributed by atoms with Gasteiger partial charge in [0.2, 0.25) is 5.91 Å². The standard InChI is InChI=1S/C23H26N4O3S/c1-15-2-7-18-19(12-15)31-22-21(18)23(29)27(14-24-22)13-20(28)25-16-3-5-17(6-4-16)26-8-10-30-11-9-26/h3-6,14-15H,2,7-13H2,1H3,(H,25,28). The van der Waals surface area contributed by atoms with Crippen molar-refractivity contribution in [3.8, 4) is 0 Å². The van der Waals surface area contributed by atoms with Gasteiger partial charge < -0.3 is 15.0 Å². The average Bonchev–Trinajstić information content (AvgIpc) is 3.15. The number of morpholine rings is 1. The Bertz CT molecular complexity index is 1160. The second-order valence-corrected chi connectivity index (χ2v) is 9.49. The van der Waals surface area contributed by atoms with Crippen molar-refractivity contribution in [3.63, 3.8) is 0 Å². The zero-order valence-electron chi connectivity index (χ0n) is 17.6. The first-order chi connectivity index (χ1) is 15.1. The number of nitrogens with zero attached hydrogens (tertiary/aromatic N) is 3. The molecule has 5 rings (SSSR count). The van der Waals surface area contributed by atoms with Gasteiger partial charge in [-0.25, -0.2) is 4.98 Å². The first kappa shape index (κ1) is 20.2. The van der Waals surface area contributed by atoms with E-state index >= 15 is 0 Å². The SMILES string of the molecule is CC1CCc2c(sc3ncn(CC(=O)Nc4ccc(N5CCOCC5)cc4)c(=O)c23)C1. The maximum atomic E-state index is 13.1. The molecule has 1 aromatic carbocycles. The molecule has 0 bridgehead atoms. The number of thiophene rings is 1. The van der Waals surface area contributed by atoms with Crippen LogP contribution >= 0.6 is 11.3 Å². The van der Waals surface area contributed by atoms with E-state index in [0.717, 1.165) is 61.6 Å². The minimum Gasteiger partial charge on any atom is -0.378 e. The number of hydrogen-bond acceptors (Lipinski definition) is 6. The lowest BCUT2D eigenvalue weighted by Crippen LogP contribution is -2.36. The number of anilines is 2. The third kappa shape index (κ3) is 4.09. The summed E-state index contributed by atoms with van der Waals surface area (Å²) in [7, 11) is 0. The molecule has 2 aromatic heterocycles. The van der Waals surface area contributed by atoms with Gasteiger partial charge in [0.25, 0.3) is 5.56 Å². The van der Waals surface area contributed by atoms with Crippen LogP contribution in [-0.4, -0.2) is 41.8 Å². The highest BCUT2D eigenvalue weighted by Gasteiger charge is 2.23. The van der Waals surface area contributed by atoms with Crippen LogP contribution in [0.3, 0.4) is 0 Å². The lowest BCUT2D eigenvalue weighted by molar-refractivity contribution is -0.116. The van der Waals surface area contributed by atoms with Crippen molar-refractivity contribution in [1.29, 1.82) is 0 Å². The van der Waals surface area contributed by atoms with Gasteiger partial charge in [-0.3, -0.25) is 14.2 Å². The van der Waals surface area contributed by atoms with Gasteiger partial charge in [-0.2, -0.15) is 0 Å². The summed E-state index contributed by atoms with van der Waals surface area (Å²) in [6.45, 7) is 5.41. The summed E-state index contributed by atoms with van der Waals surface area (Å²) in [6.07, 6.45) is 4.51. The summed E-state index contributed by atoms with van der Waals surface area (Å²) in [5.74, 6) is 0.406. The van der Waals surface area contributed by atoms with Crippen LogP contribution in [-0.2, 0) is 28.9 Å². The van der Waals surface area contributed by atoms with Gasteiger partial charge in [-0.1, -0.05) is 6.92 Å². The van der Waals surface area contributed by atoms with Gasteiger partial charge in [0, 0.05) is 29.3 Å². The number of aryl methyl sites for hydroxylation is 1. The number of carbonyl (C=O) groups is 1. The molecule has 0 spiro atoms. The number of amides is 1. The Labute approximate surface area is 184 Å². The molecule has 0 saturated carbocycles. The molecule has 8 heteroatoms. The minimum atomic E-state index is -0.236. The molecule has 3 aromatic rings. The number of aromatic nitrogens is 2. The lowest BCUT2D eigenvalue weighted by Gasteiger charge is -2.28. The molecule has 31 heavy (non-hydrogen) atoms. The molecule has 1 unspecified atom stereocenters. The van der Waals surface area contributed by atoms with E-state index in [-0.39, 0.29) is 18.0 Å². The summed E-state index contributed by atoms with van der Waals surface area (Å²) >= 11 is 1.62. The van der Waals surface area contributed by atoms with Gasteiger partial charge >= 0.3 is 0 Å². The number of benzene rings is 1. The topological polar surface area (TPSA) is 76.5 Å². The van der Waals surface area contributed by atoms with E-state index in [1.165, 1.54) is 15.8 Å². The average molecular weight is 439 g/mol. The van der Waals surface area contributed by atoms with Crippen molar-refractivity contribution in [2.45, 2.75) is 32.7 Å². The Morgan fingerprint density at radius 3 is 2.81 bits per heavy atom. The first-order valence-corrected chi connectivity index (χ1v) is 11.6. The van der Waals surface area contributed by atoms with Gasteiger partial charge in [-0.05, 0) is 55.0 Å². The molecule has 2 aliphatic rings. The van der Waals surface area contributed by atoms with E-state index in [0.29, 0.717) is 17.0 Å². The van der Waals surface area contributed by atoms with Crippen molar-refractivity contribution < 1.29 is 9.53 Å². The number of fused-ring (bicyclic) bond motifs is 3. The predicted molar refractivity (Wildman–Crippen MR) is 123 cm³/mol. The molecule has 1 N–H and O–H groups in total. The number of ether oxygens (including phenoxy) is 1. The summed E-state index contributed by atoms with van der Waals surface area (Å²) in [5.41, 5.74) is 2.86. The summed E-state index contributed by atoms with van der Waals surface area (Å²) in [4.78, 5) is 34.5. The molecular weight excluding hydrogens is 412 g/mol. The summed E-state index contributed by atoms with van der Waals surface area (Å²) in [5, 5.41) is 3.60. The number of rotatable bonds is 4. The van der Waals surface area contributed by atoms with E-state index in [2.05, 4.69) is 22.1 Å². The molecule has 162 valence electrons. The van der Waals surface area contributed by atoms with Gasteiger partial charge in [0.1, 0.15) is 11.4 Å². The van der Waals surface area contributed by atoms with Crippen LogP contribution in [0.4, 0.5) is 11.4 Å². The van der Waals surface area contributed by atoms with Crippen LogP contribution < -0.4 is 15.8 Å². The van der Waals surface area contributed by atoms with Crippen LogP contribution in [0.5, 0.6) is 0 Å². The molecule has 1 fully saturated rings. The largest absolute Gasteiger partial charge is 0.378 e. The van der Waals surface area contributed by atoms with Gasteiger partial charge in [0.15, 0.2) is 0 Å². The van der Waals surface area contributed by atoms with Crippen LogP contribution in [0.1, 0.15) is 23.8 Å². The minimum absolute atomic E-state index is 0.0476. The van der Waals surface area contributed by atoms with E-state index in [9.17, 15) is 9.59 Å². The Morgan fingerprint density at radius 1 is 1.26 bits per heavy atom. The fourth-order valence-electron chi connectivity index (χ4n) is 4.41. The van der Waals surface area contributed by atoms with Crippen molar-refractivity contribution >= 4 is 38.8 Å². The second-order valence-electron chi connectivity index (χ2n) is 8.40. The van der Waals surface area contributed by atoms with Crippen LogP contribution in [0.15, 0.2) is 35.4 Å². The third-order valence-corrected chi connectivity index (χ3v) is 7.29. The number of hydrogen-bond donors (Lipinski definition) is 1.